The van der Waals surface area contributed by atoms with Crippen molar-refractivity contribution in [3.05, 3.63) is 11.8 Å². The Morgan fingerprint density at radius 3 is 2.71 bits per heavy atom. The summed E-state index contributed by atoms with van der Waals surface area (Å²) in [5.41, 5.74) is 6.22. The van der Waals surface area contributed by atoms with E-state index in [9.17, 15) is 0 Å². The second-order valence-electron chi connectivity index (χ2n) is 5.76. The van der Waals surface area contributed by atoms with Crippen LogP contribution in [0.25, 0.3) is 0 Å². The molecule has 1 aromatic rings. The molecule has 0 aliphatic heterocycles. The van der Waals surface area contributed by atoms with E-state index in [0.29, 0.717) is 11.5 Å². The molecule has 6 nitrogen and oxygen atoms in total. The summed E-state index contributed by atoms with van der Waals surface area (Å²) in [6, 6.07) is 1.98. The van der Waals surface area contributed by atoms with Crippen LogP contribution in [0.1, 0.15) is 44.6 Å². The molecule has 1 saturated carbocycles. The van der Waals surface area contributed by atoms with Crippen molar-refractivity contribution in [1.82, 2.24) is 14.9 Å². The van der Waals surface area contributed by atoms with Gasteiger partial charge in [-0.25, -0.2) is 4.98 Å². The van der Waals surface area contributed by atoms with Gasteiger partial charge in [0.1, 0.15) is 17.5 Å². The van der Waals surface area contributed by atoms with Crippen molar-refractivity contribution in [2.24, 2.45) is 0 Å². The van der Waals surface area contributed by atoms with Crippen LogP contribution < -0.4 is 11.1 Å². The quantitative estimate of drug-likeness (QED) is 0.861. The van der Waals surface area contributed by atoms with Gasteiger partial charge in [-0.05, 0) is 26.4 Å². The van der Waals surface area contributed by atoms with Crippen LogP contribution in [0.15, 0.2) is 6.20 Å². The highest BCUT2D eigenvalue weighted by Crippen LogP contribution is 2.33. The first kappa shape index (κ1) is 15.5. The van der Waals surface area contributed by atoms with E-state index >= 15 is 0 Å². The lowest BCUT2D eigenvalue weighted by Crippen LogP contribution is -2.52. The number of hydrogen-bond donors (Lipinski definition) is 2. The van der Waals surface area contributed by atoms with Gasteiger partial charge in [-0.2, -0.15) is 10.2 Å². The maximum atomic E-state index is 8.85. The monoisotopic (exact) mass is 288 g/mol. The van der Waals surface area contributed by atoms with Gasteiger partial charge in [0.25, 0.3) is 0 Å². The maximum Gasteiger partial charge on any atom is 0.224 e. The zero-order chi connectivity index (χ0) is 15.3. The Kier molecular flexibility index (Phi) is 4.97. The number of hydrogen-bond acceptors (Lipinski definition) is 6. The summed E-state index contributed by atoms with van der Waals surface area (Å²) in [5, 5.41) is 12.2. The number of anilines is 2. The normalized spacial score (nSPS) is 17.4. The summed E-state index contributed by atoms with van der Waals surface area (Å²) >= 11 is 0. The average molecular weight is 288 g/mol. The predicted molar refractivity (Wildman–Crippen MR) is 83.8 cm³/mol. The topological polar surface area (TPSA) is 90.9 Å². The first-order chi connectivity index (χ1) is 10.1. The molecule has 0 aromatic carbocycles. The van der Waals surface area contributed by atoms with Gasteiger partial charge >= 0.3 is 0 Å². The Hall–Kier alpha value is -1.87. The van der Waals surface area contributed by atoms with Crippen molar-refractivity contribution in [3.63, 3.8) is 0 Å². The van der Waals surface area contributed by atoms with Crippen LogP contribution in [-0.2, 0) is 0 Å². The van der Waals surface area contributed by atoms with Crippen LogP contribution in [0.4, 0.5) is 11.8 Å². The van der Waals surface area contributed by atoms with Crippen LogP contribution in [0.3, 0.4) is 0 Å². The SMILES string of the molecule is CCN(C)C1(CNc2ncc(C#N)c(N)n2)CCCCC1. The number of nitrogens with one attached hydrogen (secondary N) is 1. The van der Waals surface area contributed by atoms with E-state index in [-0.39, 0.29) is 11.4 Å². The first-order valence-corrected chi connectivity index (χ1v) is 7.59. The third-order valence-electron chi connectivity index (χ3n) is 4.58. The Bertz CT molecular complexity index is 515. The molecule has 0 amide bonds. The van der Waals surface area contributed by atoms with Crippen molar-refractivity contribution >= 4 is 11.8 Å². The van der Waals surface area contributed by atoms with E-state index < -0.39 is 0 Å². The summed E-state index contributed by atoms with van der Waals surface area (Å²) < 4.78 is 0. The molecule has 0 atom stereocenters. The lowest BCUT2D eigenvalue weighted by molar-refractivity contribution is 0.0921. The summed E-state index contributed by atoms with van der Waals surface area (Å²) in [6.45, 7) is 4.02. The molecule has 1 aromatic heterocycles. The standard InChI is InChI=1S/C15H24N6/c1-3-21(2)15(7-5-4-6-8-15)11-19-14-18-10-12(9-16)13(17)20-14/h10H,3-8,11H2,1-2H3,(H3,17,18,19,20). The highest BCUT2D eigenvalue weighted by molar-refractivity contribution is 5.49. The van der Waals surface area contributed by atoms with Crippen molar-refractivity contribution in [2.75, 3.05) is 31.2 Å². The fourth-order valence-electron chi connectivity index (χ4n) is 3.05. The van der Waals surface area contributed by atoms with Crippen LogP contribution in [-0.4, -0.2) is 40.5 Å². The molecular weight excluding hydrogens is 264 g/mol. The van der Waals surface area contributed by atoms with E-state index in [4.69, 9.17) is 11.0 Å². The highest BCUT2D eigenvalue weighted by Gasteiger charge is 2.35. The number of rotatable bonds is 5. The lowest BCUT2D eigenvalue weighted by atomic mass is 9.80. The average Bonchev–Trinajstić information content (AvgIpc) is 2.53. The van der Waals surface area contributed by atoms with E-state index in [1.54, 1.807) is 0 Å². The first-order valence-electron chi connectivity index (χ1n) is 7.59. The second kappa shape index (κ2) is 6.72. The fourth-order valence-corrected chi connectivity index (χ4v) is 3.05. The van der Waals surface area contributed by atoms with Crippen LogP contribution >= 0.6 is 0 Å². The molecule has 1 fully saturated rings. The van der Waals surface area contributed by atoms with Crippen molar-refractivity contribution in [3.8, 4) is 6.07 Å². The number of nitrogens with two attached hydrogens (primary N) is 1. The molecule has 0 radical (unpaired) electrons. The Balaban J connectivity index is 2.08. The smallest absolute Gasteiger partial charge is 0.224 e. The number of nitrogen functional groups attached to an aromatic ring is 1. The molecule has 0 unspecified atom stereocenters. The molecule has 6 heteroatoms. The van der Waals surface area contributed by atoms with Gasteiger partial charge in [-0.3, -0.25) is 4.90 Å². The molecule has 2 rings (SSSR count). The van der Waals surface area contributed by atoms with Crippen molar-refractivity contribution < 1.29 is 0 Å². The minimum absolute atomic E-state index is 0.166. The maximum absolute atomic E-state index is 8.85. The third kappa shape index (κ3) is 3.42. The van der Waals surface area contributed by atoms with Gasteiger partial charge < -0.3 is 11.1 Å². The van der Waals surface area contributed by atoms with Gasteiger partial charge in [-0.1, -0.05) is 26.2 Å². The second-order valence-corrected chi connectivity index (χ2v) is 5.76. The van der Waals surface area contributed by atoms with Gasteiger partial charge in [0.05, 0.1) is 6.20 Å². The lowest BCUT2D eigenvalue weighted by Gasteiger charge is -2.44. The molecular formula is C15H24N6. The number of aromatic nitrogens is 2. The zero-order valence-corrected chi connectivity index (χ0v) is 12.9. The van der Waals surface area contributed by atoms with E-state index in [1.165, 1.54) is 38.3 Å². The van der Waals surface area contributed by atoms with Crippen LogP contribution in [0.2, 0.25) is 0 Å². The third-order valence-corrected chi connectivity index (χ3v) is 4.58. The summed E-state index contributed by atoms with van der Waals surface area (Å²) in [4.78, 5) is 10.7. The fraction of sp³-hybridized carbons (Fsp3) is 0.667. The Labute approximate surface area is 126 Å². The number of likely N-dealkylation sites (N-methyl/N-ethyl adjacent to an activating group) is 1. The summed E-state index contributed by atoms with van der Waals surface area (Å²) in [7, 11) is 2.18. The molecule has 0 saturated heterocycles. The predicted octanol–water partition coefficient (Wildman–Crippen LogP) is 2.00. The van der Waals surface area contributed by atoms with Gasteiger partial charge in [0, 0.05) is 12.1 Å². The molecule has 0 bridgehead atoms. The van der Waals surface area contributed by atoms with E-state index in [0.717, 1.165) is 13.1 Å². The highest BCUT2D eigenvalue weighted by atomic mass is 15.2. The van der Waals surface area contributed by atoms with Gasteiger partial charge in [-0.15, -0.1) is 0 Å². The molecule has 3 N–H and O–H groups in total. The van der Waals surface area contributed by atoms with Crippen LogP contribution in [0, 0.1) is 11.3 Å². The summed E-state index contributed by atoms with van der Waals surface area (Å²) in [5.74, 6) is 0.734. The minimum Gasteiger partial charge on any atom is -0.382 e. The number of nitrogens with zero attached hydrogens (tertiary/aromatic N) is 4. The van der Waals surface area contributed by atoms with E-state index in [2.05, 4.69) is 34.2 Å². The van der Waals surface area contributed by atoms with Crippen molar-refractivity contribution in [1.29, 1.82) is 5.26 Å². The summed E-state index contributed by atoms with van der Waals surface area (Å²) in [6.07, 6.45) is 7.71. The number of nitriles is 1. The largest absolute Gasteiger partial charge is 0.382 e. The van der Waals surface area contributed by atoms with Crippen molar-refractivity contribution in [2.45, 2.75) is 44.6 Å². The Morgan fingerprint density at radius 2 is 2.14 bits per heavy atom. The van der Waals surface area contributed by atoms with Gasteiger partial charge in [0.2, 0.25) is 5.95 Å². The molecule has 0 spiro atoms. The molecule has 1 aliphatic carbocycles. The Morgan fingerprint density at radius 1 is 1.43 bits per heavy atom. The van der Waals surface area contributed by atoms with Crippen LogP contribution in [0.5, 0.6) is 0 Å². The van der Waals surface area contributed by atoms with Gasteiger partial charge in [0.15, 0.2) is 0 Å². The molecule has 1 aliphatic rings. The molecule has 21 heavy (non-hydrogen) atoms. The molecule has 1 heterocycles. The molecule has 114 valence electrons. The van der Waals surface area contributed by atoms with E-state index in [1.807, 2.05) is 6.07 Å². The minimum atomic E-state index is 0.166. The zero-order valence-electron chi connectivity index (χ0n) is 12.9.